The van der Waals surface area contributed by atoms with Crippen LogP contribution in [0.5, 0.6) is 0 Å². The molecule has 2 fully saturated rings. The predicted octanol–water partition coefficient (Wildman–Crippen LogP) is -0.595. The van der Waals surface area contributed by atoms with E-state index in [1.54, 1.807) is 0 Å². The third kappa shape index (κ3) is 2.57. The van der Waals surface area contributed by atoms with Crippen LogP contribution in [0.25, 0.3) is 0 Å². The number of nitrogens with one attached hydrogen (secondary N) is 1. The average molecular weight is 354 g/mol. The number of nitrogens with two attached hydrogens (primary N) is 1. The van der Waals surface area contributed by atoms with Crippen LogP contribution in [0.2, 0.25) is 0 Å². The molecule has 11 heteroatoms. The standard InChI is InChI=1S/C13H14N4O6S/c14-11(18)7-1-3-8(4-2-7)15-13(20)16-6-5-9-10(16)12(19)17(9)24(21,22)23/h1-4,9-10H,5-6H2,(H2,14,18)(H,15,20)(H,21,22,23)/t9-,10+/m1/s1. The maximum absolute atomic E-state index is 12.3. The molecule has 2 heterocycles. The fourth-order valence-electron chi connectivity index (χ4n) is 2.96. The Bertz CT molecular complexity index is 821. The molecule has 1 aromatic carbocycles. The summed E-state index contributed by atoms with van der Waals surface area (Å²) >= 11 is 0. The Labute approximate surface area is 137 Å². The predicted molar refractivity (Wildman–Crippen MR) is 81.3 cm³/mol. The molecular formula is C13H14N4O6S. The molecule has 4 N–H and O–H groups in total. The number of fused-ring (bicyclic) bond motifs is 1. The van der Waals surface area contributed by atoms with Crippen molar-refractivity contribution in [2.45, 2.75) is 18.5 Å². The summed E-state index contributed by atoms with van der Waals surface area (Å²) in [7, 11) is -4.61. The number of urea groups is 1. The highest BCUT2D eigenvalue weighted by molar-refractivity contribution is 7.84. The number of nitrogens with zero attached hydrogens (tertiary/aromatic N) is 2. The van der Waals surface area contributed by atoms with Crippen molar-refractivity contribution in [3.63, 3.8) is 0 Å². The first kappa shape index (κ1) is 16.2. The van der Waals surface area contributed by atoms with E-state index in [2.05, 4.69) is 5.32 Å². The van der Waals surface area contributed by atoms with Gasteiger partial charge in [0.15, 0.2) is 0 Å². The van der Waals surface area contributed by atoms with Crippen LogP contribution in [0.15, 0.2) is 24.3 Å². The van der Waals surface area contributed by atoms with E-state index in [1.165, 1.54) is 29.2 Å². The minimum absolute atomic E-state index is 0.179. The van der Waals surface area contributed by atoms with Gasteiger partial charge in [0.2, 0.25) is 5.91 Å². The molecule has 2 saturated heterocycles. The molecular weight excluding hydrogens is 340 g/mol. The molecule has 0 saturated carbocycles. The second-order valence-electron chi connectivity index (χ2n) is 5.48. The Hall–Kier alpha value is -2.66. The smallest absolute Gasteiger partial charge is 0.362 e. The highest BCUT2D eigenvalue weighted by atomic mass is 32.2. The van der Waals surface area contributed by atoms with Gasteiger partial charge < -0.3 is 16.0 Å². The Morgan fingerprint density at radius 3 is 2.42 bits per heavy atom. The molecule has 2 aliphatic heterocycles. The fourth-order valence-corrected chi connectivity index (χ4v) is 3.86. The third-order valence-electron chi connectivity index (χ3n) is 4.07. The second-order valence-corrected chi connectivity index (χ2v) is 6.77. The lowest BCUT2D eigenvalue weighted by atomic mass is 10.0. The van der Waals surface area contributed by atoms with Gasteiger partial charge in [-0.3, -0.25) is 14.1 Å². The lowest BCUT2D eigenvalue weighted by molar-refractivity contribution is -0.143. The summed E-state index contributed by atoms with van der Waals surface area (Å²) in [5.41, 5.74) is 5.80. The van der Waals surface area contributed by atoms with E-state index in [1.807, 2.05) is 0 Å². The first-order valence-corrected chi connectivity index (χ1v) is 8.38. The molecule has 0 radical (unpaired) electrons. The van der Waals surface area contributed by atoms with Gasteiger partial charge in [-0.2, -0.15) is 8.42 Å². The lowest BCUT2D eigenvalue weighted by Gasteiger charge is -2.42. The first-order valence-electron chi connectivity index (χ1n) is 6.98. The highest BCUT2D eigenvalue weighted by Gasteiger charge is 2.60. The third-order valence-corrected chi connectivity index (χ3v) is 5.02. The van der Waals surface area contributed by atoms with Crippen LogP contribution in [-0.2, 0) is 15.1 Å². The summed E-state index contributed by atoms with van der Waals surface area (Å²) in [5, 5.41) is 2.56. The van der Waals surface area contributed by atoms with Crippen LogP contribution < -0.4 is 11.1 Å². The van der Waals surface area contributed by atoms with Gasteiger partial charge in [0.25, 0.3) is 5.91 Å². The molecule has 1 aromatic rings. The molecule has 0 aliphatic carbocycles. The number of rotatable bonds is 3. The molecule has 128 valence electrons. The van der Waals surface area contributed by atoms with Crippen LogP contribution in [-0.4, -0.2) is 58.6 Å². The van der Waals surface area contributed by atoms with E-state index in [4.69, 9.17) is 10.3 Å². The van der Waals surface area contributed by atoms with E-state index >= 15 is 0 Å². The fraction of sp³-hybridized carbons (Fsp3) is 0.308. The van der Waals surface area contributed by atoms with Crippen molar-refractivity contribution in [3.05, 3.63) is 29.8 Å². The van der Waals surface area contributed by atoms with Crippen molar-refractivity contribution >= 4 is 33.8 Å². The van der Waals surface area contributed by atoms with Crippen molar-refractivity contribution in [1.82, 2.24) is 9.21 Å². The zero-order valence-corrected chi connectivity index (χ0v) is 13.1. The average Bonchev–Trinajstić information content (AvgIpc) is 2.85. The highest BCUT2D eigenvalue weighted by Crippen LogP contribution is 2.35. The number of likely N-dealkylation sites (tertiary alicyclic amines) is 1. The summed E-state index contributed by atoms with van der Waals surface area (Å²) in [6.45, 7) is 0.179. The summed E-state index contributed by atoms with van der Waals surface area (Å²) < 4.78 is 31.7. The summed E-state index contributed by atoms with van der Waals surface area (Å²) in [4.78, 5) is 36.4. The van der Waals surface area contributed by atoms with Gasteiger partial charge in [-0.15, -0.1) is 0 Å². The van der Waals surface area contributed by atoms with Gasteiger partial charge in [-0.05, 0) is 30.7 Å². The van der Waals surface area contributed by atoms with E-state index in [0.717, 1.165) is 0 Å². The Balaban J connectivity index is 1.69. The second kappa shape index (κ2) is 5.46. The van der Waals surface area contributed by atoms with Crippen molar-refractivity contribution in [1.29, 1.82) is 0 Å². The largest absolute Gasteiger partial charge is 0.366 e. The Morgan fingerprint density at radius 2 is 1.88 bits per heavy atom. The van der Waals surface area contributed by atoms with Crippen LogP contribution in [0.4, 0.5) is 10.5 Å². The summed E-state index contributed by atoms with van der Waals surface area (Å²) in [5.74, 6) is -1.43. The Morgan fingerprint density at radius 1 is 1.25 bits per heavy atom. The number of carbonyl (C=O) groups excluding carboxylic acids is 3. The number of primary amides is 1. The van der Waals surface area contributed by atoms with Gasteiger partial charge in [-0.1, -0.05) is 0 Å². The minimum atomic E-state index is -4.61. The zero-order valence-electron chi connectivity index (χ0n) is 12.2. The number of benzene rings is 1. The van der Waals surface area contributed by atoms with Gasteiger partial charge in [0.05, 0.1) is 6.04 Å². The molecule has 2 aliphatic rings. The zero-order chi connectivity index (χ0) is 17.6. The SMILES string of the molecule is NC(=O)c1ccc(NC(=O)N2CC[C@@H]3[C@H]2C(=O)N3S(=O)(=O)O)cc1. The summed E-state index contributed by atoms with van der Waals surface area (Å²) in [6.07, 6.45) is 0.254. The minimum Gasteiger partial charge on any atom is -0.366 e. The molecule has 24 heavy (non-hydrogen) atoms. The molecule has 0 aromatic heterocycles. The number of amides is 4. The van der Waals surface area contributed by atoms with Gasteiger partial charge >= 0.3 is 16.3 Å². The van der Waals surface area contributed by atoms with E-state index in [-0.39, 0.29) is 18.5 Å². The molecule has 4 amide bonds. The number of hydrogen-bond acceptors (Lipinski definition) is 5. The van der Waals surface area contributed by atoms with Crippen molar-refractivity contribution in [2.24, 2.45) is 5.73 Å². The number of β-lactam (4-membered cyclic amide) rings is 1. The monoisotopic (exact) mass is 354 g/mol. The number of hydrogen-bond donors (Lipinski definition) is 3. The summed E-state index contributed by atoms with van der Waals surface area (Å²) in [6, 6.07) is 3.64. The molecule has 2 atom stereocenters. The first-order chi connectivity index (χ1) is 11.2. The maximum Gasteiger partial charge on any atom is 0.362 e. The van der Waals surface area contributed by atoms with Crippen LogP contribution >= 0.6 is 0 Å². The van der Waals surface area contributed by atoms with Crippen molar-refractivity contribution in [2.75, 3.05) is 11.9 Å². The van der Waals surface area contributed by atoms with E-state index in [0.29, 0.717) is 9.99 Å². The normalized spacial score (nSPS) is 22.8. The van der Waals surface area contributed by atoms with Gasteiger partial charge in [0.1, 0.15) is 6.04 Å². The van der Waals surface area contributed by atoms with Gasteiger partial charge in [-0.25, -0.2) is 9.10 Å². The van der Waals surface area contributed by atoms with Crippen LogP contribution in [0.3, 0.4) is 0 Å². The lowest BCUT2D eigenvalue weighted by Crippen LogP contribution is -2.68. The molecule has 0 spiro atoms. The topological polar surface area (TPSA) is 150 Å². The van der Waals surface area contributed by atoms with Gasteiger partial charge in [0, 0.05) is 17.8 Å². The number of anilines is 1. The maximum atomic E-state index is 12.3. The molecule has 10 nitrogen and oxygen atoms in total. The van der Waals surface area contributed by atoms with E-state index in [9.17, 15) is 22.8 Å². The molecule has 0 bridgehead atoms. The van der Waals surface area contributed by atoms with Crippen LogP contribution in [0.1, 0.15) is 16.8 Å². The Kier molecular flexibility index (Phi) is 3.68. The molecule has 3 rings (SSSR count). The van der Waals surface area contributed by atoms with E-state index < -0.39 is 40.2 Å². The molecule has 0 unspecified atom stereocenters. The quantitative estimate of drug-likeness (QED) is 0.487. The van der Waals surface area contributed by atoms with Crippen molar-refractivity contribution in [3.8, 4) is 0 Å². The van der Waals surface area contributed by atoms with Crippen molar-refractivity contribution < 1.29 is 27.4 Å². The van der Waals surface area contributed by atoms with Crippen LogP contribution in [0, 0.1) is 0 Å². The number of carbonyl (C=O) groups is 3.